The van der Waals surface area contributed by atoms with E-state index in [2.05, 4.69) is 20.6 Å². The van der Waals surface area contributed by atoms with Crippen LogP contribution in [0.2, 0.25) is 0 Å². The molecule has 1 N–H and O–H groups in total. The number of hydrogen-bond acceptors (Lipinski definition) is 5. The molecular formula is C11H15N5O. The van der Waals surface area contributed by atoms with Gasteiger partial charge in [0.15, 0.2) is 0 Å². The monoisotopic (exact) mass is 233 g/mol. The van der Waals surface area contributed by atoms with Crippen LogP contribution in [0.1, 0.15) is 12.3 Å². The van der Waals surface area contributed by atoms with Crippen molar-refractivity contribution in [2.24, 2.45) is 13.0 Å². The molecule has 0 bridgehead atoms. The van der Waals surface area contributed by atoms with E-state index in [-0.39, 0.29) is 0 Å². The lowest BCUT2D eigenvalue weighted by Gasteiger charge is -2.01. The van der Waals surface area contributed by atoms with E-state index in [0.717, 1.165) is 25.2 Å². The van der Waals surface area contributed by atoms with E-state index in [4.69, 9.17) is 4.52 Å². The zero-order chi connectivity index (χ0) is 11.7. The predicted molar refractivity (Wildman–Crippen MR) is 61.2 cm³/mol. The van der Waals surface area contributed by atoms with Gasteiger partial charge in [0.1, 0.15) is 5.69 Å². The van der Waals surface area contributed by atoms with Crippen molar-refractivity contribution in [3.05, 3.63) is 18.2 Å². The molecule has 6 nitrogen and oxygen atoms in total. The molecule has 0 aromatic carbocycles. The molecule has 1 fully saturated rings. The highest BCUT2D eigenvalue weighted by Crippen LogP contribution is 2.17. The Balaban J connectivity index is 1.73. The number of nitrogens with zero attached hydrogens (tertiary/aromatic N) is 4. The van der Waals surface area contributed by atoms with Crippen molar-refractivity contribution in [3.63, 3.8) is 0 Å². The molecule has 1 atom stereocenters. The lowest BCUT2D eigenvalue weighted by molar-refractivity contribution is 0.358. The molecule has 1 saturated heterocycles. The van der Waals surface area contributed by atoms with Crippen LogP contribution in [0, 0.1) is 5.92 Å². The van der Waals surface area contributed by atoms with E-state index in [0.29, 0.717) is 17.6 Å². The van der Waals surface area contributed by atoms with Crippen LogP contribution >= 0.6 is 0 Å². The van der Waals surface area contributed by atoms with Gasteiger partial charge in [0, 0.05) is 19.7 Å². The third-order valence-corrected chi connectivity index (χ3v) is 3.04. The van der Waals surface area contributed by atoms with Gasteiger partial charge in [0.25, 0.3) is 0 Å². The van der Waals surface area contributed by atoms with Crippen LogP contribution < -0.4 is 5.32 Å². The fourth-order valence-electron chi connectivity index (χ4n) is 2.11. The number of nitrogens with one attached hydrogen (secondary N) is 1. The van der Waals surface area contributed by atoms with E-state index in [1.807, 2.05) is 19.3 Å². The maximum Gasteiger partial charge on any atom is 0.227 e. The molecule has 0 aliphatic carbocycles. The van der Waals surface area contributed by atoms with Gasteiger partial charge in [0.05, 0.1) is 0 Å². The van der Waals surface area contributed by atoms with E-state index in [1.54, 1.807) is 4.68 Å². The summed E-state index contributed by atoms with van der Waals surface area (Å²) in [5.41, 5.74) is 0.757. The Morgan fingerprint density at radius 3 is 3.24 bits per heavy atom. The van der Waals surface area contributed by atoms with Crippen molar-refractivity contribution in [1.29, 1.82) is 0 Å². The normalized spacial score (nSPS) is 19.9. The van der Waals surface area contributed by atoms with Gasteiger partial charge in [0.2, 0.25) is 11.7 Å². The highest BCUT2D eigenvalue weighted by atomic mass is 16.5. The molecule has 1 aliphatic heterocycles. The molecule has 0 amide bonds. The van der Waals surface area contributed by atoms with E-state index < -0.39 is 0 Å². The van der Waals surface area contributed by atoms with E-state index >= 15 is 0 Å². The third-order valence-electron chi connectivity index (χ3n) is 3.04. The minimum absolute atomic E-state index is 0.576. The van der Waals surface area contributed by atoms with Crippen molar-refractivity contribution in [1.82, 2.24) is 25.2 Å². The van der Waals surface area contributed by atoms with Gasteiger partial charge >= 0.3 is 0 Å². The van der Waals surface area contributed by atoms with Crippen LogP contribution in [0.25, 0.3) is 11.5 Å². The topological polar surface area (TPSA) is 68.8 Å². The Morgan fingerprint density at radius 1 is 1.59 bits per heavy atom. The van der Waals surface area contributed by atoms with E-state index in [9.17, 15) is 0 Å². The predicted octanol–water partition coefficient (Wildman–Crippen LogP) is 0.622. The van der Waals surface area contributed by atoms with Crippen LogP contribution in [0.3, 0.4) is 0 Å². The van der Waals surface area contributed by atoms with Gasteiger partial charge in [-0.15, -0.1) is 0 Å². The van der Waals surface area contributed by atoms with Crippen molar-refractivity contribution in [3.8, 4) is 11.5 Å². The highest BCUT2D eigenvalue weighted by molar-refractivity contribution is 5.46. The van der Waals surface area contributed by atoms with E-state index in [1.165, 1.54) is 6.42 Å². The summed E-state index contributed by atoms with van der Waals surface area (Å²) in [5, 5.41) is 11.5. The molecule has 90 valence electrons. The first-order chi connectivity index (χ1) is 8.31. The van der Waals surface area contributed by atoms with Gasteiger partial charge in [-0.3, -0.25) is 4.68 Å². The number of rotatable bonds is 3. The van der Waals surface area contributed by atoms with Crippen LogP contribution in [-0.2, 0) is 13.5 Å². The standard InChI is InChI=1S/C11H15N5O/c1-16-5-3-9(14-16)11-13-10(17-15-11)6-8-2-4-12-7-8/h3,5,8,12H,2,4,6-7H2,1H3. The molecular weight excluding hydrogens is 218 g/mol. The molecule has 2 aromatic heterocycles. The fourth-order valence-corrected chi connectivity index (χ4v) is 2.11. The highest BCUT2D eigenvalue weighted by Gasteiger charge is 2.19. The zero-order valence-electron chi connectivity index (χ0n) is 9.76. The number of aryl methyl sites for hydroxylation is 1. The van der Waals surface area contributed by atoms with Gasteiger partial charge in [-0.1, -0.05) is 5.16 Å². The second-order valence-electron chi connectivity index (χ2n) is 4.45. The molecule has 0 spiro atoms. The first kappa shape index (κ1) is 10.5. The van der Waals surface area contributed by atoms with Gasteiger partial charge in [-0.25, -0.2) is 0 Å². The van der Waals surface area contributed by atoms with Gasteiger partial charge in [-0.2, -0.15) is 10.1 Å². The van der Waals surface area contributed by atoms with Crippen LogP contribution in [-0.4, -0.2) is 33.0 Å². The lowest BCUT2D eigenvalue weighted by atomic mass is 10.1. The molecule has 6 heteroatoms. The average molecular weight is 233 g/mol. The Morgan fingerprint density at radius 2 is 2.53 bits per heavy atom. The summed E-state index contributed by atoms with van der Waals surface area (Å²) in [7, 11) is 1.87. The Bertz CT molecular complexity index is 497. The van der Waals surface area contributed by atoms with Crippen molar-refractivity contribution >= 4 is 0 Å². The van der Waals surface area contributed by atoms with Crippen molar-refractivity contribution in [2.45, 2.75) is 12.8 Å². The van der Waals surface area contributed by atoms with Crippen LogP contribution in [0.5, 0.6) is 0 Å². The van der Waals surface area contributed by atoms with Crippen LogP contribution in [0.4, 0.5) is 0 Å². The number of hydrogen-bond donors (Lipinski definition) is 1. The lowest BCUT2D eigenvalue weighted by Crippen LogP contribution is -2.10. The first-order valence-electron chi connectivity index (χ1n) is 5.84. The summed E-state index contributed by atoms with van der Waals surface area (Å²) in [6, 6.07) is 1.88. The van der Waals surface area contributed by atoms with Crippen molar-refractivity contribution in [2.75, 3.05) is 13.1 Å². The Kier molecular flexibility index (Phi) is 2.64. The quantitative estimate of drug-likeness (QED) is 0.841. The number of aromatic nitrogens is 4. The molecule has 3 rings (SSSR count). The molecule has 0 radical (unpaired) electrons. The second kappa shape index (κ2) is 4.29. The summed E-state index contributed by atoms with van der Waals surface area (Å²) >= 11 is 0. The van der Waals surface area contributed by atoms with Gasteiger partial charge < -0.3 is 9.84 Å². The Hall–Kier alpha value is -1.69. The maximum absolute atomic E-state index is 5.25. The largest absolute Gasteiger partial charge is 0.339 e. The molecule has 0 saturated carbocycles. The van der Waals surface area contributed by atoms with Crippen molar-refractivity contribution < 1.29 is 4.52 Å². The molecule has 1 unspecified atom stereocenters. The smallest absolute Gasteiger partial charge is 0.227 e. The molecule has 1 aliphatic rings. The summed E-state index contributed by atoms with van der Waals surface area (Å²) in [6.07, 6.45) is 3.90. The second-order valence-corrected chi connectivity index (χ2v) is 4.45. The summed E-state index contributed by atoms with van der Waals surface area (Å²) < 4.78 is 6.98. The Labute approximate surface area is 99.0 Å². The minimum atomic E-state index is 0.576. The first-order valence-corrected chi connectivity index (χ1v) is 5.84. The molecule has 17 heavy (non-hydrogen) atoms. The minimum Gasteiger partial charge on any atom is -0.339 e. The van der Waals surface area contributed by atoms with Gasteiger partial charge in [-0.05, 0) is 31.5 Å². The SMILES string of the molecule is Cn1ccc(-c2noc(CC3CCNC3)n2)n1. The average Bonchev–Trinajstić information content (AvgIpc) is 2.99. The van der Waals surface area contributed by atoms with Crippen LogP contribution in [0.15, 0.2) is 16.8 Å². The summed E-state index contributed by atoms with van der Waals surface area (Å²) in [4.78, 5) is 4.38. The molecule has 2 aromatic rings. The zero-order valence-corrected chi connectivity index (χ0v) is 9.76. The summed E-state index contributed by atoms with van der Waals surface area (Å²) in [5.74, 6) is 1.90. The summed E-state index contributed by atoms with van der Waals surface area (Å²) in [6.45, 7) is 2.13. The fraction of sp³-hybridized carbons (Fsp3) is 0.545. The maximum atomic E-state index is 5.25. The molecule has 3 heterocycles. The third kappa shape index (κ3) is 2.21.